The van der Waals surface area contributed by atoms with Crippen LogP contribution in [-0.4, -0.2) is 53.2 Å². The summed E-state index contributed by atoms with van der Waals surface area (Å²) in [5, 5.41) is 15.1. The van der Waals surface area contributed by atoms with Crippen LogP contribution in [0, 0.1) is 0 Å². The van der Waals surface area contributed by atoms with Crippen molar-refractivity contribution in [1.82, 2.24) is 15.0 Å². The molecule has 30 heavy (non-hydrogen) atoms. The minimum Gasteiger partial charge on any atom is -0.744 e. The molecule has 0 unspecified atom stereocenters. The van der Waals surface area contributed by atoms with Gasteiger partial charge < -0.3 is 25.2 Å². The quantitative estimate of drug-likeness (QED) is 0.287. The van der Waals surface area contributed by atoms with Gasteiger partial charge in [-0.05, 0) is 30.3 Å². The summed E-state index contributed by atoms with van der Waals surface area (Å²) >= 11 is 0. The van der Waals surface area contributed by atoms with Gasteiger partial charge in [0.2, 0.25) is 17.8 Å². The molecule has 12 heteroatoms. The largest absolute Gasteiger partial charge is 1.00 e. The van der Waals surface area contributed by atoms with E-state index in [4.69, 9.17) is 0 Å². The fourth-order valence-corrected chi connectivity index (χ4v) is 2.92. The van der Waals surface area contributed by atoms with Crippen LogP contribution in [-0.2, 0) is 10.1 Å². The summed E-state index contributed by atoms with van der Waals surface area (Å²) in [7, 11) is -2.87. The van der Waals surface area contributed by atoms with Gasteiger partial charge in [0.25, 0.3) is 0 Å². The number of aromatic nitrogens is 3. The maximum Gasteiger partial charge on any atom is 1.00 e. The Balaban J connectivity index is 0.00000320. The van der Waals surface area contributed by atoms with Gasteiger partial charge in [0.05, 0.1) is 11.5 Å². The van der Waals surface area contributed by atoms with Crippen molar-refractivity contribution in [2.75, 3.05) is 35.7 Å². The van der Waals surface area contributed by atoms with Crippen molar-refractivity contribution in [1.29, 1.82) is 0 Å². The van der Waals surface area contributed by atoms with E-state index in [1.54, 1.807) is 18.0 Å². The summed E-state index contributed by atoms with van der Waals surface area (Å²) in [6.45, 7) is 0.216. The molecule has 3 rings (SSSR count). The van der Waals surface area contributed by atoms with E-state index in [1.807, 2.05) is 30.3 Å². The summed E-state index contributed by atoms with van der Waals surface area (Å²) in [6.07, 6.45) is 0. The second-order valence-corrected chi connectivity index (χ2v) is 7.41. The number of benzene rings is 2. The molecular formula is C18H19N6NaO4S. The van der Waals surface area contributed by atoms with Crippen molar-refractivity contribution in [3.63, 3.8) is 0 Å². The van der Waals surface area contributed by atoms with Crippen LogP contribution in [0.15, 0.2) is 59.5 Å². The molecule has 0 radical (unpaired) electrons. The molecule has 0 aliphatic carbocycles. The number of nitrogens with zero attached hydrogens (tertiary/aromatic N) is 4. The molecule has 10 nitrogen and oxygen atoms in total. The summed E-state index contributed by atoms with van der Waals surface area (Å²) < 4.78 is 33.7. The molecule has 0 atom stereocenters. The first-order valence-corrected chi connectivity index (χ1v) is 9.99. The molecule has 2 aromatic carbocycles. The summed E-state index contributed by atoms with van der Waals surface area (Å²) in [4.78, 5) is 14.2. The van der Waals surface area contributed by atoms with Gasteiger partial charge in [-0.25, -0.2) is 8.42 Å². The van der Waals surface area contributed by atoms with Crippen molar-refractivity contribution in [3.05, 3.63) is 54.6 Å². The van der Waals surface area contributed by atoms with Crippen LogP contribution in [0.4, 0.5) is 29.2 Å². The Hall–Kier alpha value is -2.28. The van der Waals surface area contributed by atoms with Gasteiger partial charge in [0, 0.05) is 25.0 Å². The van der Waals surface area contributed by atoms with Crippen LogP contribution in [0.1, 0.15) is 0 Å². The fourth-order valence-electron chi connectivity index (χ4n) is 2.41. The Labute approximate surface area is 196 Å². The third-order valence-corrected chi connectivity index (χ3v) is 4.64. The molecule has 0 bridgehead atoms. The Bertz CT molecular complexity index is 1090. The topological polar surface area (TPSA) is 143 Å². The molecule has 0 spiro atoms. The maximum absolute atomic E-state index is 11.2. The molecule has 1 aromatic heterocycles. The van der Waals surface area contributed by atoms with Gasteiger partial charge in [-0.15, -0.1) is 0 Å². The fraction of sp³-hybridized carbons (Fsp3) is 0.167. The van der Waals surface area contributed by atoms with Gasteiger partial charge in [-0.1, -0.05) is 24.3 Å². The normalized spacial score (nSPS) is 10.8. The maximum atomic E-state index is 11.2. The molecule has 1 heterocycles. The van der Waals surface area contributed by atoms with Crippen LogP contribution < -0.4 is 45.1 Å². The van der Waals surface area contributed by atoms with Gasteiger partial charge in [-0.3, -0.25) is 0 Å². The summed E-state index contributed by atoms with van der Waals surface area (Å²) in [6, 6.07) is 14.7. The molecule has 152 valence electrons. The number of likely N-dealkylation sites (N-methyl/N-ethyl adjacent to an activating group) is 1. The number of anilines is 5. The number of aliphatic hydroxyl groups excluding tert-OH is 1. The first kappa shape index (κ1) is 24.0. The average Bonchev–Trinajstić information content (AvgIpc) is 2.68. The van der Waals surface area contributed by atoms with Crippen LogP contribution in [0.5, 0.6) is 0 Å². The number of aliphatic hydroxyl groups is 1. The molecule has 0 saturated carbocycles. The first-order valence-electron chi connectivity index (χ1n) is 8.58. The van der Waals surface area contributed by atoms with E-state index in [0.717, 1.165) is 5.69 Å². The standard InChI is InChI=1S/C18H20N6O4S.Na/c1-24(10-11-25)18-22-16(19-13-6-3-2-4-7-13)21-17(23-18)20-14-8-5-9-15(12-14)29(26,27)28;/h2-9,12,25H,10-11H2,1H3,(H,26,27,28)(H2,19,20,21,22,23);/q;+1/p-1. The van der Waals surface area contributed by atoms with Gasteiger partial charge in [0.1, 0.15) is 10.1 Å². The SMILES string of the molecule is CN(CCO)c1nc(Nc2ccccc2)nc(Nc2cccc(S(=O)(=O)[O-])c2)n1.[Na+]. The first-order chi connectivity index (χ1) is 13.8. The van der Waals surface area contributed by atoms with Crippen LogP contribution in [0.2, 0.25) is 0 Å². The van der Waals surface area contributed by atoms with E-state index < -0.39 is 10.1 Å². The molecule has 0 saturated heterocycles. The predicted octanol–water partition coefficient (Wildman–Crippen LogP) is -1.30. The zero-order valence-electron chi connectivity index (χ0n) is 16.5. The molecule has 3 aromatic rings. The number of hydrogen-bond donors (Lipinski definition) is 3. The Morgan fingerprint density at radius 1 is 0.967 bits per heavy atom. The number of para-hydroxylation sites is 1. The smallest absolute Gasteiger partial charge is 0.744 e. The zero-order chi connectivity index (χ0) is 20.9. The Morgan fingerprint density at radius 2 is 1.57 bits per heavy atom. The van der Waals surface area contributed by atoms with Gasteiger partial charge in [0.15, 0.2) is 0 Å². The minimum atomic E-state index is -4.59. The minimum absolute atomic E-state index is 0. The third-order valence-electron chi connectivity index (χ3n) is 3.81. The number of hydrogen-bond acceptors (Lipinski definition) is 10. The summed E-state index contributed by atoms with van der Waals surface area (Å²) in [5.74, 6) is 0.683. The van der Waals surface area contributed by atoms with Crippen molar-refractivity contribution < 1.29 is 47.6 Å². The monoisotopic (exact) mass is 438 g/mol. The second-order valence-electron chi connectivity index (χ2n) is 6.03. The third kappa shape index (κ3) is 6.62. The van der Waals surface area contributed by atoms with Crippen molar-refractivity contribution in [2.24, 2.45) is 0 Å². The molecule has 0 aliphatic rings. The average molecular weight is 438 g/mol. The van der Waals surface area contributed by atoms with E-state index >= 15 is 0 Å². The molecule has 0 fully saturated rings. The molecular weight excluding hydrogens is 419 g/mol. The molecule has 0 amide bonds. The van der Waals surface area contributed by atoms with E-state index in [2.05, 4.69) is 25.6 Å². The summed E-state index contributed by atoms with van der Waals surface area (Å²) in [5.41, 5.74) is 1.09. The molecule has 3 N–H and O–H groups in total. The predicted molar refractivity (Wildman–Crippen MR) is 108 cm³/mol. The number of rotatable bonds is 8. The van der Waals surface area contributed by atoms with Crippen molar-refractivity contribution in [2.45, 2.75) is 4.90 Å². The van der Waals surface area contributed by atoms with Gasteiger partial charge >= 0.3 is 29.6 Å². The van der Waals surface area contributed by atoms with E-state index in [-0.39, 0.29) is 53.0 Å². The van der Waals surface area contributed by atoms with Crippen LogP contribution in [0.25, 0.3) is 0 Å². The van der Waals surface area contributed by atoms with Crippen LogP contribution >= 0.6 is 0 Å². The van der Waals surface area contributed by atoms with E-state index in [9.17, 15) is 18.1 Å². The molecule has 0 aliphatic heterocycles. The Morgan fingerprint density at radius 3 is 2.17 bits per heavy atom. The zero-order valence-corrected chi connectivity index (χ0v) is 19.3. The van der Waals surface area contributed by atoms with Gasteiger partial charge in [-0.2, -0.15) is 15.0 Å². The second kappa shape index (κ2) is 10.7. The van der Waals surface area contributed by atoms with E-state index in [1.165, 1.54) is 18.2 Å². The van der Waals surface area contributed by atoms with E-state index in [0.29, 0.717) is 18.2 Å². The van der Waals surface area contributed by atoms with Crippen molar-refractivity contribution >= 4 is 39.3 Å². The number of nitrogens with one attached hydrogen (secondary N) is 2. The Kier molecular flexibility index (Phi) is 8.53. The van der Waals surface area contributed by atoms with Crippen molar-refractivity contribution in [3.8, 4) is 0 Å². The van der Waals surface area contributed by atoms with Crippen LogP contribution in [0.3, 0.4) is 0 Å².